The first-order chi connectivity index (χ1) is 24.7. The number of esters is 1. The van der Waals surface area contributed by atoms with Crippen LogP contribution in [0.25, 0.3) is 21.6 Å². The molecule has 51 heavy (non-hydrogen) atoms. The maximum absolute atomic E-state index is 13.1. The molecule has 0 aliphatic heterocycles. The standard InChI is InChI=1S/C41H62N4O5S/c1-5-6-7-8-9-10-11-12-13-14-15-16-17-22-27-48-28-32(44-45-42)30-51-31-38(39(46)50-41(2,3)4)43-40(47)49-29-37-35-25-20-18-23-33(35)34-24-19-21-26-36(34)37/h18-21,23-26,32,37-38H,5-17,22,27-31H2,1-4H3,(H,43,47)/t32-,38+/m1/s1. The first-order valence-electron chi connectivity index (χ1n) is 19.3. The van der Waals surface area contributed by atoms with Gasteiger partial charge in [0.15, 0.2) is 0 Å². The molecule has 0 spiro atoms. The summed E-state index contributed by atoms with van der Waals surface area (Å²) in [6.45, 7) is 8.71. The van der Waals surface area contributed by atoms with Gasteiger partial charge in [-0.15, -0.1) is 0 Å². The number of nitrogens with zero attached hydrogens (tertiary/aromatic N) is 3. The molecule has 9 nitrogen and oxygen atoms in total. The largest absolute Gasteiger partial charge is 0.458 e. The average Bonchev–Trinajstić information content (AvgIpc) is 3.42. The summed E-state index contributed by atoms with van der Waals surface area (Å²) in [5.74, 6) is 0.0359. The van der Waals surface area contributed by atoms with Crippen molar-refractivity contribution in [2.75, 3.05) is 31.3 Å². The molecule has 1 aliphatic rings. The third-order valence-electron chi connectivity index (χ3n) is 9.09. The molecule has 1 amide bonds. The molecule has 0 heterocycles. The molecule has 1 N–H and O–H groups in total. The van der Waals surface area contributed by atoms with Crippen molar-refractivity contribution in [1.82, 2.24) is 5.32 Å². The molecule has 0 radical (unpaired) electrons. The summed E-state index contributed by atoms with van der Waals surface area (Å²) in [6.07, 6.45) is 17.6. The Kier molecular flexibility index (Phi) is 20.0. The Balaban J connectivity index is 1.35. The van der Waals surface area contributed by atoms with Gasteiger partial charge in [-0.3, -0.25) is 0 Å². The van der Waals surface area contributed by atoms with Gasteiger partial charge in [-0.1, -0.05) is 144 Å². The van der Waals surface area contributed by atoms with Crippen LogP contribution in [0.2, 0.25) is 0 Å². The molecule has 2 atom stereocenters. The van der Waals surface area contributed by atoms with Crippen molar-refractivity contribution in [3.05, 3.63) is 70.1 Å². The van der Waals surface area contributed by atoms with Crippen LogP contribution in [0.1, 0.15) is 135 Å². The number of alkyl carbamates (subject to hydrolysis) is 1. The van der Waals surface area contributed by atoms with Crippen molar-refractivity contribution < 1.29 is 23.8 Å². The van der Waals surface area contributed by atoms with E-state index < -0.39 is 23.7 Å². The Labute approximate surface area is 311 Å². The monoisotopic (exact) mass is 722 g/mol. The first kappa shape index (κ1) is 42.2. The number of azide groups is 1. The van der Waals surface area contributed by atoms with Crippen LogP contribution in [0.15, 0.2) is 53.6 Å². The zero-order valence-electron chi connectivity index (χ0n) is 31.6. The molecular formula is C41H62N4O5S. The number of hydrogen-bond donors (Lipinski definition) is 1. The summed E-state index contributed by atoms with van der Waals surface area (Å²) in [7, 11) is 0. The minimum absolute atomic E-state index is 0.0911. The van der Waals surface area contributed by atoms with Gasteiger partial charge in [0, 0.05) is 28.9 Å². The van der Waals surface area contributed by atoms with E-state index >= 15 is 0 Å². The number of nitrogens with one attached hydrogen (secondary N) is 1. The predicted molar refractivity (Wildman–Crippen MR) is 209 cm³/mol. The smallest absolute Gasteiger partial charge is 0.407 e. The van der Waals surface area contributed by atoms with E-state index in [-0.39, 0.29) is 24.3 Å². The lowest BCUT2D eigenvalue weighted by Gasteiger charge is -2.25. The van der Waals surface area contributed by atoms with Crippen LogP contribution in [0, 0.1) is 0 Å². The topological polar surface area (TPSA) is 123 Å². The fraction of sp³-hybridized carbons (Fsp3) is 0.659. The fourth-order valence-electron chi connectivity index (χ4n) is 6.45. The molecule has 2 aromatic rings. The van der Waals surface area contributed by atoms with Crippen LogP contribution in [-0.4, -0.2) is 61.1 Å². The van der Waals surface area contributed by atoms with Gasteiger partial charge in [0.1, 0.15) is 18.2 Å². The summed E-state index contributed by atoms with van der Waals surface area (Å²) in [6, 6.07) is 15.0. The van der Waals surface area contributed by atoms with E-state index in [1.54, 1.807) is 20.8 Å². The molecule has 282 valence electrons. The van der Waals surface area contributed by atoms with Crippen molar-refractivity contribution in [1.29, 1.82) is 0 Å². The second-order valence-electron chi connectivity index (χ2n) is 14.6. The number of carbonyl (C=O) groups is 2. The van der Waals surface area contributed by atoms with Gasteiger partial charge in [0.2, 0.25) is 0 Å². The van der Waals surface area contributed by atoms with Crippen LogP contribution < -0.4 is 5.32 Å². The van der Waals surface area contributed by atoms with E-state index in [1.165, 1.54) is 88.8 Å². The zero-order valence-corrected chi connectivity index (χ0v) is 32.4. The van der Waals surface area contributed by atoms with E-state index in [1.807, 2.05) is 24.3 Å². The molecule has 1 aliphatic carbocycles. The van der Waals surface area contributed by atoms with Crippen molar-refractivity contribution in [2.24, 2.45) is 5.11 Å². The summed E-state index contributed by atoms with van der Waals surface area (Å²) < 4.78 is 17.2. The molecule has 0 saturated heterocycles. The Bertz CT molecular complexity index is 1310. The summed E-state index contributed by atoms with van der Waals surface area (Å²) in [5.41, 5.74) is 12.9. The quantitative estimate of drug-likeness (QED) is 0.0339. The van der Waals surface area contributed by atoms with E-state index in [0.717, 1.165) is 35.1 Å². The Hall–Kier alpha value is -3.20. The molecular weight excluding hydrogens is 661 g/mol. The Morgan fingerprint density at radius 3 is 1.88 bits per heavy atom. The number of thioether (sulfide) groups is 1. The van der Waals surface area contributed by atoms with Gasteiger partial charge >= 0.3 is 12.1 Å². The Morgan fingerprint density at radius 2 is 1.35 bits per heavy atom. The highest BCUT2D eigenvalue weighted by Crippen LogP contribution is 2.44. The average molecular weight is 723 g/mol. The summed E-state index contributed by atoms with van der Waals surface area (Å²) >= 11 is 1.40. The molecule has 0 unspecified atom stereocenters. The lowest BCUT2D eigenvalue weighted by atomic mass is 9.98. The molecule has 0 fully saturated rings. The van der Waals surface area contributed by atoms with Gasteiger partial charge in [0.05, 0.1) is 12.6 Å². The predicted octanol–water partition coefficient (Wildman–Crippen LogP) is 11.1. The number of unbranched alkanes of at least 4 members (excludes halogenated alkanes) is 13. The van der Waals surface area contributed by atoms with E-state index in [2.05, 4.69) is 46.5 Å². The van der Waals surface area contributed by atoms with Crippen LogP contribution in [0.4, 0.5) is 4.79 Å². The lowest BCUT2D eigenvalue weighted by Crippen LogP contribution is -2.46. The van der Waals surface area contributed by atoms with Crippen molar-refractivity contribution in [3.63, 3.8) is 0 Å². The second kappa shape index (κ2) is 24.1. The SMILES string of the molecule is CCCCCCCCCCCCCCCCOC[C@H](CSC[C@H](NC(=O)OCC1c2ccccc2-c2ccccc21)C(=O)OC(C)(C)C)N=[N+]=[N-]. The number of amides is 1. The van der Waals surface area contributed by atoms with E-state index in [4.69, 9.17) is 19.7 Å². The minimum atomic E-state index is -0.937. The van der Waals surface area contributed by atoms with Crippen molar-refractivity contribution >= 4 is 23.8 Å². The van der Waals surface area contributed by atoms with Gasteiger partial charge in [-0.25, -0.2) is 9.59 Å². The number of ether oxygens (including phenoxy) is 3. The maximum atomic E-state index is 13.1. The normalized spacial score (nSPS) is 13.5. The fourth-order valence-corrected chi connectivity index (χ4v) is 7.48. The third-order valence-corrected chi connectivity index (χ3v) is 10.3. The van der Waals surface area contributed by atoms with Crippen LogP contribution in [-0.2, 0) is 19.0 Å². The van der Waals surface area contributed by atoms with Crippen LogP contribution in [0.5, 0.6) is 0 Å². The van der Waals surface area contributed by atoms with Crippen LogP contribution >= 0.6 is 11.8 Å². The highest BCUT2D eigenvalue weighted by Gasteiger charge is 2.31. The van der Waals surface area contributed by atoms with Crippen LogP contribution in [0.3, 0.4) is 0 Å². The number of hydrogen-bond acceptors (Lipinski definition) is 7. The highest BCUT2D eigenvalue weighted by molar-refractivity contribution is 7.99. The Morgan fingerprint density at radius 1 is 0.824 bits per heavy atom. The lowest BCUT2D eigenvalue weighted by molar-refractivity contribution is -0.156. The molecule has 0 aromatic heterocycles. The number of benzene rings is 2. The van der Waals surface area contributed by atoms with Gasteiger partial charge in [-0.2, -0.15) is 11.8 Å². The molecule has 0 bridgehead atoms. The van der Waals surface area contributed by atoms with Gasteiger partial charge in [-0.05, 0) is 55.0 Å². The van der Waals surface area contributed by atoms with E-state index in [0.29, 0.717) is 19.0 Å². The third kappa shape index (κ3) is 16.3. The van der Waals surface area contributed by atoms with Gasteiger partial charge < -0.3 is 19.5 Å². The van der Waals surface area contributed by atoms with Crippen molar-refractivity contribution in [3.8, 4) is 11.1 Å². The maximum Gasteiger partial charge on any atom is 0.407 e. The van der Waals surface area contributed by atoms with Crippen molar-refractivity contribution in [2.45, 2.75) is 141 Å². The first-order valence-corrected chi connectivity index (χ1v) is 20.4. The number of rotatable bonds is 26. The summed E-state index contributed by atoms with van der Waals surface area (Å²) in [5, 5.41) is 6.64. The zero-order chi connectivity index (χ0) is 36.7. The van der Waals surface area contributed by atoms with Gasteiger partial charge in [0.25, 0.3) is 0 Å². The molecule has 3 rings (SSSR count). The molecule has 10 heteroatoms. The van der Waals surface area contributed by atoms with E-state index in [9.17, 15) is 9.59 Å². The number of carbonyl (C=O) groups excluding carboxylic acids is 2. The number of fused-ring (bicyclic) bond motifs is 3. The highest BCUT2D eigenvalue weighted by atomic mass is 32.2. The minimum Gasteiger partial charge on any atom is -0.458 e. The second-order valence-corrected chi connectivity index (χ2v) is 15.7. The summed E-state index contributed by atoms with van der Waals surface area (Å²) in [4.78, 5) is 29.2. The molecule has 0 saturated carbocycles. The molecule has 2 aromatic carbocycles.